The molecule has 9 heteroatoms. The van der Waals surface area contributed by atoms with Crippen LogP contribution in [-0.2, 0) is 17.8 Å². The third-order valence-electron chi connectivity index (χ3n) is 8.26. The molecule has 0 atom stereocenters. The lowest BCUT2D eigenvalue weighted by Crippen LogP contribution is -2.48. The molecule has 0 unspecified atom stereocenters. The number of benzene rings is 1. The molecule has 3 aliphatic rings. The lowest BCUT2D eigenvalue weighted by Gasteiger charge is -2.52. The van der Waals surface area contributed by atoms with Crippen LogP contribution in [0.5, 0.6) is 5.75 Å². The first-order valence-electron chi connectivity index (χ1n) is 12.5. The Balaban J connectivity index is 1.21. The van der Waals surface area contributed by atoms with Crippen molar-refractivity contribution >= 4 is 28.6 Å². The first-order valence-corrected chi connectivity index (χ1v) is 12.5. The molecule has 2 aliphatic heterocycles. The quantitative estimate of drug-likeness (QED) is 0.618. The smallest absolute Gasteiger partial charge is 0.229 e. The van der Waals surface area contributed by atoms with E-state index in [1.165, 1.54) is 11.1 Å². The Bertz CT molecular complexity index is 1270. The zero-order chi connectivity index (χ0) is 24.2. The predicted octanol–water partition coefficient (Wildman–Crippen LogP) is 3.53. The molecular formula is C26H33N7O2. The average Bonchev–Trinajstić information content (AvgIpc) is 3.25. The number of hydrogen-bond donors (Lipinski definition) is 1. The number of anilines is 2. The van der Waals surface area contributed by atoms with E-state index in [1.54, 1.807) is 14.0 Å². The van der Waals surface area contributed by atoms with Gasteiger partial charge in [0.15, 0.2) is 5.65 Å². The molecule has 6 rings (SSSR count). The lowest BCUT2D eigenvalue weighted by atomic mass is 9.60. The molecule has 1 aromatic carbocycles. The van der Waals surface area contributed by atoms with Gasteiger partial charge in [-0.1, -0.05) is 0 Å². The molecule has 2 fully saturated rings. The van der Waals surface area contributed by atoms with Gasteiger partial charge in [-0.2, -0.15) is 10.1 Å². The molecule has 3 aromatic rings. The molecule has 0 radical (unpaired) electrons. The summed E-state index contributed by atoms with van der Waals surface area (Å²) in [5, 5.41) is 9.02. The highest BCUT2D eigenvalue weighted by atomic mass is 16.5. The summed E-state index contributed by atoms with van der Waals surface area (Å²) in [6.45, 7) is 5.40. The number of likely N-dealkylation sites (tertiary alicyclic amines) is 1. The fourth-order valence-corrected chi connectivity index (χ4v) is 6.10. The number of likely N-dealkylation sites (N-methyl/N-ethyl adjacent to an activating group) is 1. The van der Waals surface area contributed by atoms with Crippen molar-refractivity contribution in [1.29, 1.82) is 0 Å². The van der Waals surface area contributed by atoms with Gasteiger partial charge in [-0.15, -0.1) is 0 Å². The summed E-state index contributed by atoms with van der Waals surface area (Å²) in [5.41, 5.74) is 4.73. The lowest BCUT2D eigenvalue weighted by molar-refractivity contribution is -0.132. The van der Waals surface area contributed by atoms with Crippen LogP contribution in [0.2, 0.25) is 0 Å². The molecule has 184 valence electrons. The number of amides is 1. The van der Waals surface area contributed by atoms with Crippen LogP contribution >= 0.6 is 0 Å². The van der Waals surface area contributed by atoms with Gasteiger partial charge in [-0.3, -0.25) is 4.79 Å². The third-order valence-corrected chi connectivity index (χ3v) is 8.26. The van der Waals surface area contributed by atoms with Gasteiger partial charge in [-0.05, 0) is 67.8 Å². The number of rotatable bonds is 4. The van der Waals surface area contributed by atoms with Crippen LogP contribution in [0.15, 0.2) is 24.5 Å². The zero-order valence-electron chi connectivity index (χ0n) is 20.8. The molecule has 1 N–H and O–H groups in total. The zero-order valence-corrected chi connectivity index (χ0v) is 20.8. The highest BCUT2D eigenvalue weighted by Gasteiger charge is 2.47. The number of carbonyl (C=O) groups excluding carboxylic acids is 1. The van der Waals surface area contributed by atoms with Crippen molar-refractivity contribution in [1.82, 2.24) is 29.5 Å². The average molecular weight is 476 g/mol. The van der Waals surface area contributed by atoms with Crippen molar-refractivity contribution in [2.24, 2.45) is 5.41 Å². The first-order chi connectivity index (χ1) is 16.9. The van der Waals surface area contributed by atoms with Crippen molar-refractivity contribution in [3.8, 4) is 5.75 Å². The summed E-state index contributed by atoms with van der Waals surface area (Å²) >= 11 is 0. The molecule has 4 heterocycles. The van der Waals surface area contributed by atoms with E-state index in [0.29, 0.717) is 17.4 Å². The molecule has 1 aliphatic carbocycles. The Kier molecular flexibility index (Phi) is 5.40. The number of carbonyl (C=O) groups is 1. The second kappa shape index (κ2) is 8.48. The second-order valence-electron chi connectivity index (χ2n) is 10.6. The van der Waals surface area contributed by atoms with Crippen molar-refractivity contribution in [3.63, 3.8) is 0 Å². The molecule has 1 amide bonds. The maximum absolute atomic E-state index is 11.7. The van der Waals surface area contributed by atoms with Gasteiger partial charge in [0.1, 0.15) is 5.75 Å². The van der Waals surface area contributed by atoms with Gasteiger partial charge < -0.3 is 19.9 Å². The Hall–Kier alpha value is -3.20. The van der Waals surface area contributed by atoms with Gasteiger partial charge in [0.05, 0.1) is 30.4 Å². The van der Waals surface area contributed by atoms with Crippen molar-refractivity contribution in [2.75, 3.05) is 39.1 Å². The summed E-state index contributed by atoms with van der Waals surface area (Å²) in [6.07, 6.45) is 9.07. The molecule has 35 heavy (non-hydrogen) atoms. The SMILES string of the molecule is COc1cc2c(cc1Nc1ncc3cnn(C4CC5(CCN(C(C)=O)CC5)C4)c3n1)CN(C)CC2. The fraction of sp³-hybridized carbons (Fsp3) is 0.538. The maximum Gasteiger partial charge on any atom is 0.229 e. The van der Waals surface area contributed by atoms with E-state index in [0.717, 1.165) is 80.8 Å². The van der Waals surface area contributed by atoms with Gasteiger partial charge in [-0.25, -0.2) is 9.67 Å². The van der Waals surface area contributed by atoms with Gasteiger partial charge >= 0.3 is 0 Å². The van der Waals surface area contributed by atoms with Crippen LogP contribution in [0, 0.1) is 5.41 Å². The normalized spacial score (nSPS) is 20.0. The predicted molar refractivity (Wildman–Crippen MR) is 134 cm³/mol. The minimum Gasteiger partial charge on any atom is -0.495 e. The highest BCUT2D eigenvalue weighted by Crippen LogP contribution is 2.55. The minimum atomic E-state index is 0.188. The molecule has 1 saturated heterocycles. The number of methoxy groups -OCH3 is 1. The van der Waals surface area contributed by atoms with E-state index in [1.807, 2.05) is 17.3 Å². The Morgan fingerprint density at radius 2 is 1.94 bits per heavy atom. The topological polar surface area (TPSA) is 88.4 Å². The minimum absolute atomic E-state index is 0.188. The number of nitrogens with zero attached hydrogens (tertiary/aromatic N) is 6. The number of fused-ring (bicyclic) bond motifs is 2. The Morgan fingerprint density at radius 1 is 1.14 bits per heavy atom. The van der Waals surface area contributed by atoms with Crippen molar-refractivity contribution in [2.45, 2.75) is 51.6 Å². The van der Waals surface area contributed by atoms with Crippen molar-refractivity contribution in [3.05, 3.63) is 35.7 Å². The summed E-state index contributed by atoms with van der Waals surface area (Å²) in [5.74, 6) is 1.54. The van der Waals surface area contributed by atoms with Crippen LogP contribution < -0.4 is 10.1 Å². The monoisotopic (exact) mass is 475 g/mol. The number of ether oxygens (including phenoxy) is 1. The standard InChI is InChI=1S/C26H33N7O2/c1-17(34)32-8-5-26(6-9-32)12-21(13-26)33-24-20(15-28-33)14-27-25(30-24)29-22-10-19-16-31(2)7-4-18(19)11-23(22)35-3/h10-11,14-15,21H,4-9,12-13,16H2,1-3H3,(H,27,29,30). The molecular weight excluding hydrogens is 442 g/mol. The second-order valence-corrected chi connectivity index (χ2v) is 10.6. The number of aromatic nitrogens is 4. The van der Waals surface area contributed by atoms with E-state index in [9.17, 15) is 4.79 Å². The van der Waals surface area contributed by atoms with Crippen LogP contribution in [0.4, 0.5) is 11.6 Å². The summed E-state index contributed by atoms with van der Waals surface area (Å²) in [7, 11) is 3.85. The maximum atomic E-state index is 11.7. The number of nitrogens with one attached hydrogen (secondary N) is 1. The molecule has 2 aromatic heterocycles. The van der Waals surface area contributed by atoms with Gasteiger partial charge in [0, 0.05) is 39.3 Å². The van der Waals surface area contributed by atoms with E-state index >= 15 is 0 Å². The molecule has 0 bridgehead atoms. The Morgan fingerprint density at radius 3 is 2.69 bits per heavy atom. The van der Waals surface area contributed by atoms with E-state index < -0.39 is 0 Å². The molecule has 1 spiro atoms. The molecule has 1 saturated carbocycles. The summed E-state index contributed by atoms with van der Waals surface area (Å²) in [6, 6.07) is 4.64. The van der Waals surface area contributed by atoms with Crippen LogP contribution in [0.1, 0.15) is 49.8 Å². The Labute approximate surface area is 205 Å². The van der Waals surface area contributed by atoms with Gasteiger partial charge in [0.25, 0.3) is 0 Å². The summed E-state index contributed by atoms with van der Waals surface area (Å²) in [4.78, 5) is 25.4. The largest absolute Gasteiger partial charge is 0.495 e. The van der Waals surface area contributed by atoms with Gasteiger partial charge in [0.2, 0.25) is 11.9 Å². The third kappa shape index (κ3) is 4.01. The fourth-order valence-electron chi connectivity index (χ4n) is 6.10. The van der Waals surface area contributed by atoms with E-state index in [4.69, 9.17) is 9.72 Å². The highest BCUT2D eigenvalue weighted by molar-refractivity contribution is 5.76. The van der Waals surface area contributed by atoms with Crippen molar-refractivity contribution < 1.29 is 9.53 Å². The number of hydrogen-bond acceptors (Lipinski definition) is 7. The first kappa shape index (κ1) is 22.3. The van der Waals surface area contributed by atoms with E-state index in [-0.39, 0.29) is 5.91 Å². The van der Waals surface area contributed by atoms with Crippen LogP contribution in [-0.4, -0.2) is 69.2 Å². The van der Waals surface area contributed by atoms with E-state index in [2.05, 4.69) is 44.2 Å². The number of piperidine rings is 1. The molecule has 9 nitrogen and oxygen atoms in total. The van der Waals surface area contributed by atoms with Crippen LogP contribution in [0.3, 0.4) is 0 Å². The van der Waals surface area contributed by atoms with Crippen LogP contribution in [0.25, 0.3) is 11.0 Å². The summed E-state index contributed by atoms with van der Waals surface area (Å²) < 4.78 is 7.76.